The van der Waals surface area contributed by atoms with E-state index < -0.39 is 29.5 Å². The van der Waals surface area contributed by atoms with E-state index in [0.29, 0.717) is 18.7 Å². The van der Waals surface area contributed by atoms with Gasteiger partial charge in [-0.05, 0) is 61.2 Å². The highest BCUT2D eigenvalue weighted by Gasteiger charge is 2.33. The number of anilines is 1. The Balaban J connectivity index is 1.96. The molecule has 2 amide bonds. The third kappa shape index (κ3) is 6.82. The number of hydrogen-bond acceptors (Lipinski definition) is 4. The van der Waals surface area contributed by atoms with Gasteiger partial charge in [-0.1, -0.05) is 24.6 Å². The van der Waals surface area contributed by atoms with Crippen LogP contribution in [0.25, 0.3) is 0 Å². The molecule has 35 heavy (non-hydrogen) atoms. The maximum atomic E-state index is 13.3. The molecule has 0 bridgehead atoms. The number of nitrogens with two attached hydrogens (primary N) is 1. The lowest BCUT2D eigenvalue weighted by Gasteiger charge is -2.23. The number of benzene rings is 2. The van der Waals surface area contributed by atoms with Crippen LogP contribution in [-0.2, 0) is 28.7 Å². The summed E-state index contributed by atoms with van der Waals surface area (Å²) in [4.78, 5) is 40.0. The standard InChI is InChI=1S/C25H28F3N3O4/c26-25(27,28)19-7-4-6-18(13-19)15-31-21-9-8-17(5-2-1-3-11-29)14-20(21)24(35)30(16-22(31)32)12-10-23(33)34/h4,6-9,13-14H,1-3,5,10-12,15-16,29H2,(H,33,34). The second-order valence-electron chi connectivity index (χ2n) is 8.50. The number of nitrogens with zero attached hydrogens (tertiary/aromatic N) is 2. The van der Waals surface area contributed by atoms with Gasteiger partial charge in [0, 0.05) is 6.54 Å². The third-order valence-electron chi connectivity index (χ3n) is 5.86. The normalized spacial score (nSPS) is 14.2. The molecule has 0 spiro atoms. The Morgan fingerprint density at radius 2 is 1.80 bits per heavy atom. The number of amides is 2. The number of unbranched alkanes of at least 4 members (excludes halogenated alkanes) is 2. The topological polar surface area (TPSA) is 104 Å². The Morgan fingerprint density at radius 1 is 1.03 bits per heavy atom. The van der Waals surface area contributed by atoms with Crippen LogP contribution >= 0.6 is 0 Å². The Morgan fingerprint density at radius 3 is 2.49 bits per heavy atom. The van der Waals surface area contributed by atoms with E-state index in [-0.39, 0.29) is 37.2 Å². The molecule has 1 heterocycles. The molecular weight excluding hydrogens is 463 g/mol. The molecule has 2 aromatic carbocycles. The van der Waals surface area contributed by atoms with E-state index >= 15 is 0 Å². The van der Waals surface area contributed by atoms with Crippen molar-refractivity contribution < 1.29 is 32.7 Å². The number of halogens is 3. The van der Waals surface area contributed by atoms with Gasteiger partial charge in [0.1, 0.15) is 6.54 Å². The number of aryl methyl sites for hydroxylation is 1. The molecule has 0 saturated heterocycles. The zero-order valence-corrected chi connectivity index (χ0v) is 19.2. The summed E-state index contributed by atoms with van der Waals surface area (Å²) >= 11 is 0. The Bertz CT molecular complexity index is 1090. The Labute approximate surface area is 201 Å². The molecule has 3 N–H and O–H groups in total. The highest BCUT2D eigenvalue weighted by atomic mass is 19.4. The summed E-state index contributed by atoms with van der Waals surface area (Å²) in [6.07, 6.45) is -1.50. The lowest BCUT2D eigenvalue weighted by molar-refractivity contribution is -0.138. The summed E-state index contributed by atoms with van der Waals surface area (Å²) < 4.78 is 39.6. The van der Waals surface area contributed by atoms with Crippen molar-refractivity contribution >= 4 is 23.5 Å². The first-order chi connectivity index (χ1) is 16.6. The first kappa shape index (κ1) is 26.2. The quantitative estimate of drug-likeness (QED) is 0.492. The maximum absolute atomic E-state index is 13.3. The molecule has 3 rings (SSSR count). The summed E-state index contributed by atoms with van der Waals surface area (Å²) in [7, 11) is 0. The number of alkyl halides is 3. The minimum absolute atomic E-state index is 0.155. The van der Waals surface area contributed by atoms with E-state index in [1.165, 1.54) is 21.9 Å². The van der Waals surface area contributed by atoms with Crippen molar-refractivity contribution in [1.29, 1.82) is 0 Å². The number of rotatable bonds is 10. The zero-order valence-electron chi connectivity index (χ0n) is 19.2. The van der Waals surface area contributed by atoms with E-state index in [0.717, 1.165) is 37.0 Å². The lowest BCUT2D eigenvalue weighted by Crippen LogP contribution is -2.40. The summed E-state index contributed by atoms with van der Waals surface area (Å²) in [6.45, 7) is -0.0947. The van der Waals surface area contributed by atoms with Gasteiger partial charge in [0.05, 0.1) is 29.8 Å². The number of carbonyl (C=O) groups is 3. The monoisotopic (exact) mass is 491 g/mol. The van der Waals surface area contributed by atoms with Gasteiger partial charge >= 0.3 is 12.1 Å². The van der Waals surface area contributed by atoms with Crippen LogP contribution in [0.5, 0.6) is 0 Å². The van der Waals surface area contributed by atoms with Gasteiger partial charge in [-0.3, -0.25) is 14.4 Å². The fourth-order valence-corrected chi connectivity index (χ4v) is 4.03. The van der Waals surface area contributed by atoms with Crippen molar-refractivity contribution in [1.82, 2.24) is 4.90 Å². The SMILES string of the molecule is NCCCCCc1ccc2c(c1)C(=O)N(CCC(=O)O)CC(=O)N2Cc1cccc(C(F)(F)F)c1. The Kier molecular flexibility index (Phi) is 8.50. The van der Waals surface area contributed by atoms with Crippen molar-refractivity contribution in [2.24, 2.45) is 5.73 Å². The van der Waals surface area contributed by atoms with Crippen molar-refractivity contribution in [3.8, 4) is 0 Å². The van der Waals surface area contributed by atoms with Crippen molar-refractivity contribution in [3.05, 3.63) is 64.7 Å². The highest BCUT2D eigenvalue weighted by molar-refractivity contribution is 6.09. The van der Waals surface area contributed by atoms with Crippen LogP contribution in [0.2, 0.25) is 0 Å². The number of fused-ring (bicyclic) bond motifs is 1. The third-order valence-corrected chi connectivity index (χ3v) is 5.86. The molecule has 0 fully saturated rings. The number of hydrogen-bond donors (Lipinski definition) is 2. The van der Waals surface area contributed by atoms with E-state index in [4.69, 9.17) is 10.8 Å². The lowest BCUT2D eigenvalue weighted by atomic mass is 10.0. The van der Waals surface area contributed by atoms with Crippen LogP contribution in [0.4, 0.5) is 18.9 Å². The van der Waals surface area contributed by atoms with Gasteiger partial charge in [-0.15, -0.1) is 0 Å². The minimum atomic E-state index is -4.53. The predicted octanol–water partition coefficient (Wildman–Crippen LogP) is 3.84. The van der Waals surface area contributed by atoms with Crippen LogP contribution in [0, 0.1) is 0 Å². The summed E-state index contributed by atoms with van der Waals surface area (Å²) in [6, 6.07) is 9.82. The number of aliphatic carboxylic acids is 1. The van der Waals surface area contributed by atoms with Crippen LogP contribution in [0.1, 0.15) is 52.7 Å². The molecule has 7 nitrogen and oxygen atoms in total. The Hall–Kier alpha value is -3.40. The summed E-state index contributed by atoms with van der Waals surface area (Å²) in [5.41, 5.74) is 6.36. The van der Waals surface area contributed by atoms with Crippen LogP contribution in [0.3, 0.4) is 0 Å². The van der Waals surface area contributed by atoms with Crippen molar-refractivity contribution in [2.75, 3.05) is 24.5 Å². The fraction of sp³-hybridized carbons (Fsp3) is 0.400. The average Bonchev–Trinajstić information content (AvgIpc) is 2.90. The second kappa shape index (κ2) is 11.4. The van der Waals surface area contributed by atoms with E-state index in [9.17, 15) is 27.6 Å². The molecule has 0 radical (unpaired) electrons. The van der Waals surface area contributed by atoms with Crippen LogP contribution in [-0.4, -0.2) is 47.4 Å². The molecule has 0 unspecified atom stereocenters. The molecule has 1 aliphatic rings. The van der Waals surface area contributed by atoms with E-state index in [1.54, 1.807) is 18.2 Å². The summed E-state index contributed by atoms with van der Waals surface area (Å²) in [5.74, 6) is -2.09. The van der Waals surface area contributed by atoms with Gasteiger partial charge in [0.2, 0.25) is 5.91 Å². The van der Waals surface area contributed by atoms with Crippen LogP contribution < -0.4 is 10.6 Å². The number of carboxylic acids is 1. The van der Waals surface area contributed by atoms with E-state index in [2.05, 4.69) is 0 Å². The van der Waals surface area contributed by atoms with E-state index in [1.807, 2.05) is 0 Å². The van der Waals surface area contributed by atoms with Gasteiger partial charge in [0.25, 0.3) is 5.91 Å². The van der Waals surface area contributed by atoms with Crippen LogP contribution in [0.15, 0.2) is 42.5 Å². The largest absolute Gasteiger partial charge is 0.481 e. The second-order valence-corrected chi connectivity index (χ2v) is 8.50. The summed E-state index contributed by atoms with van der Waals surface area (Å²) in [5, 5.41) is 9.05. The fourth-order valence-electron chi connectivity index (χ4n) is 4.03. The predicted molar refractivity (Wildman–Crippen MR) is 124 cm³/mol. The maximum Gasteiger partial charge on any atom is 0.416 e. The van der Waals surface area contributed by atoms with Gasteiger partial charge in [-0.2, -0.15) is 13.2 Å². The van der Waals surface area contributed by atoms with Gasteiger partial charge in [0.15, 0.2) is 0 Å². The molecular formula is C25H28F3N3O4. The average molecular weight is 492 g/mol. The molecule has 0 atom stereocenters. The van der Waals surface area contributed by atoms with Gasteiger partial charge in [-0.25, -0.2) is 0 Å². The molecule has 0 saturated carbocycles. The van der Waals surface area contributed by atoms with Crippen molar-refractivity contribution in [2.45, 2.75) is 44.8 Å². The minimum Gasteiger partial charge on any atom is -0.481 e. The molecule has 0 aromatic heterocycles. The molecule has 188 valence electrons. The van der Waals surface area contributed by atoms with Gasteiger partial charge < -0.3 is 20.6 Å². The zero-order chi connectivity index (χ0) is 25.6. The van der Waals surface area contributed by atoms with Crippen molar-refractivity contribution in [3.63, 3.8) is 0 Å². The number of carbonyl (C=O) groups excluding carboxylic acids is 2. The highest BCUT2D eigenvalue weighted by Crippen LogP contribution is 2.32. The smallest absolute Gasteiger partial charge is 0.416 e. The number of carboxylic acid groups (broad SMARTS) is 1. The molecule has 10 heteroatoms. The first-order valence-corrected chi connectivity index (χ1v) is 11.4. The molecule has 1 aliphatic heterocycles. The molecule has 2 aromatic rings. The first-order valence-electron chi connectivity index (χ1n) is 11.4. The molecule has 0 aliphatic carbocycles.